The molecule has 1 aliphatic rings. The van der Waals surface area contributed by atoms with E-state index in [-0.39, 0.29) is 5.91 Å². The fourth-order valence-electron chi connectivity index (χ4n) is 4.86. The van der Waals surface area contributed by atoms with Gasteiger partial charge in [0, 0.05) is 48.5 Å². The number of rotatable bonds is 5. The van der Waals surface area contributed by atoms with E-state index in [1.807, 2.05) is 19.1 Å². The molecular weight excluding hydrogens is 439 g/mol. The van der Waals surface area contributed by atoms with E-state index >= 15 is 0 Å². The van der Waals surface area contributed by atoms with Gasteiger partial charge in [0.2, 0.25) is 0 Å². The molecule has 4 aromatic rings. The second-order valence-corrected chi connectivity index (χ2v) is 8.90. The Kier molecular flexibility index (Phi) is 6.36. The normalized spacial score (nSPS) is 13.8. The van der Waals surface area contributed by atoms with Crippen LogP contribution in [-0.2, 0) is 6.42 Å². The third-order valence-corrected chi connectivity index (χ3v) is 6.62. The quantitative estimate of drug-likeness (QED) is 0.401. The smallest absolute Gasteiger partial charge is 0.255 e. The zero-order chi connectivity index (χ0) is 24.4. The van der Waals surface area contributed by atoms with Crippen molar-refractivity contribution in [3.63, 3.8) is 0 Å². The molecule has 2 heterocycles. The van der Waals surface area contributed by atoms with Gasteiger partial charge in [0.15, 0.2) is 0 Å². The summed E-state index contributed by atoms with van der Waals surface area (Å²) >= 11 is 0. The van der Waals surface area contributed by atoms with Crippen LogP contribution in [0, 0.1) is 12.7 Å². The number of piperazine rings is 1. The van der Waals surface area contributed by atoms with E-state index in [4.69, 9.17) is 0 Å². The monoisotopic (exact) mass is 468 g/mol. The van der Waals surface area contributed by atoms with E-state index in [2.05, 4.69) is 63.4 Å². The van der Waals surface area contributed by atoms with Crippen LogP contribution in [0.1, 0.15) is 28.5 Å². The van der Waals surface area contributed by atoms with E-state index in [0.717, 1.165) is 55.2 Å². The Hall–Kier alpha value is -3.93. The second kappa shape index (κ2) is 9.74. The van der Waals surface area contributed by atoms with Crippen molar-refractivity contribution in [3.8, 4) is 0 Å². The fourth-order valence-corrected chi connectivity index (χ4v) is 4.86. The number of anilines is 3. The average molecular weight is 469 g/mol. The molecule has 0 radical (unpaired) electrons. The molecule has 6 heteroatoms. The molecule has 0 atom stereocenters. The predicted octanol–water partition coefficient (Wildman–Crippen LogP) is 5.82. The summed E-state index contributed by atoms with van der Waals surface area (Å²) in [5, 5.41) is 4.20. The lowest BCUT2D eigenvalue weighted by atomic mass is 10.1. The van der Waals surface area contributed by atoms with Gasteiger partial charge in [-0.2, -0.15) is 0 Å². The minimum atomic E-state index is -0.421. The number of carbonyl (C=O) groups is 1. The van der Waals surface area contributed by atoms with Crippen molar-refractivity contribution >= 4 is 33.9 Å². The lowest BCUT2D eigenvalue weighted by Crippen LogP contribution is -2.47. The van der Waals surface area contributed by atoms with Crippen LogP contribution in [0.2, 0.25) is 0 Å². The molecule has 178 valence electrons. The first kappa shape index (κ1) is 22.8. The Morgan fingerprint density at radius 1 is 0.943 bits per heavy atom. The molecule has 0 saturated carbocycles. The van der Waals surface area contributed by atoms with E-state index in [0.29, 0.717) is 5.56 Å². The van der Waals surface area contributed by atoms with Crippen molar-refractivity contribution in [2.75, 3.05) is 41.3 Å². The van der Waals surface area contributed by atoms with Crippen molar-refractivity contribution < 1.29 is 9.18 Å². The van der Waals surface area contributed by atoms with Gasteiger partial charge in [0.05, 0.1) is 16.9 Å². The summed E-state index contributed by atoms with van der Waals surface area (Å²) in [6, 6.07) is 22.3. The number of halogens is 1. The summed E-state index contributed by atoms with van der Waals surface area (Å²) in [5.41, 5.74) is 6.54. The summed E-state index contributed by atoms with van der Waals surface area (Å²) in [5.74, 6) is -0.730. The first-order valence-corrected chi connectivity index (χ1v) is 12.1. The number of pyridine rings is 1. The number of para-hydroxylation sites is 1. The van der Waals surface area contributed by atoms with Crippen molar-refractivity contribution in [1.29, 1.82) is 0 Å². The zero-order valence-electron chi connectivity index (χ0n) is 20.1. The summed E-state index contributed by atoms with van der Waals surface area (Å²) in [7, 11) is 0. The first-order chi connectivity index (χ1) is 17.0. The standard InChI is InChI=1S/C29H29FN4O/c1-3-21-7-5-11-26(32-29(35)22-8-4-9-23(30)19-22)28(21)34-17-15-33(16-18-34)27-12-6-10-25-24(27)14-13-20(2)31-25/h4-14,19H,3,15-18H2,1-2H3,(H,32,35). The lowest BCUT2D eigenvalue weighted by Gasteiger charge is -2.39. The Labute approximate surface area is 205 Å². The van der Waals surface area contributed by atoms with Crippen molar-refractivity contribution in [2.45, 2.75) is 20.3 Å². The molecular formula is C29H29FN4O. The van der Waals surface area contributed by atoms with Crippen LogP contribution in [-0.4, -0.2) is 37.1 Å². The molecule has 5 rings (SSSR count). The Morgan fingerprint density at radius 2 is 1.69 bits per heavy atom. The molecule has 1 aromatic heterocycles. The van der Waals surface area contributed by atoms with Crippen LogP contribution in [0.15, 0.2) is 72.8 Å². The number of nitrogens with zero attached hydrogens (tertiary/aromatic N) is 3. The maximum Gasteiger partial charge on any atom is 0.255 e. The first-order valence-electron chi connectivity index (χ1n) is 12.1. The maximum absolute atomic E-state index is 13.7. The molecule has 1 amide bonds. The minimum absolute atomic E-state index is 0.308. The third-order valence-electron chi connectivity index (χ3n) is 6.62. The molecule has 1 aliphatic heterocycles. The predicted molar refractivity (Wildman–Crippen MR) is 141 cm³/mol. The molecule has 5 nitrogen and oxygen atoms in total. The van der Waals surface area contributed by atoms with Gasteiger partial charge >= 0.3 is 0 Å². The van der Waals surface area contributed by atoms with Gasteiger partial charge in [-0.05, 0) is 67.4 Å². The number of hydrogen-bond acceptors (Lipinski definition) is 4. The summed E-state index contributed by atoms with van der Waals surface area (Å²) in [6.07, 6.45) is 0.855. The molecule has 1 N–H and O–H groups in total. The SMILES string of the molecule is CCc1cccc(NC(=O)c2cccc(F)c2)c1N1CCN(c2cccc3nc(C)ccc23)CC1. The molecule has 0 bridgehead atoms. The van der Waals surface area contributed by atoms with E-state index in [9.17, 15) is 9.18 Å². The lowest BCUT2D eigenvalue weighted by molar-refractivity contribution is 0.102. The second-order valence-electron chi connectivity index (χ2n) is 8.90. The molecule has 3 aromatic carbocycles. The number of aromatic nitrogens is 1. The molecule has 35 heavy (non-hydrogen) atoms. The van der Waals surface area contributed by atoms with Gasteiger partial charge in [-0.1, -0.05) is 31.2 Å². The highest BCUT2D eigenvalue weighted by Crippen LogP contribution is 2.34. The van der Waals surface area contributed by atoms with Gasteiger partial charge in [-0.25, -0.2) is 4.39 Å². The van der Waals surface area contributed by atoms with Crippen LogP contribution < -0.4 is 15.1 Å². The summed E-state index contributed by atoms with van der Waals surface area (Å²) in [4.78, 5) is 22.3. The Morgan fingerprint density at radius 3 is 2.46 bits per heavy atom. The van der Waals surface area contributed by atoms with E-state index in [1.165, 1.54) is 28.8 Å². The third kappa shape index (κ3) is 4.69. The molecule has 0 aliphatic carbocycles. The highest BCUT2D eigenvalue weighted by molar-refractivity contribution is 6.06. The van der Waals surface area contributed by atoms with Crippen molar-refractivity contribution in [3.05, 3.63) is 95.4 Å². The number of carbonyl (C=O) groups excluding carboxylic acids is 1. The van der Waals surface area contributed by atoms with Gasteiger partial charge in [0.25, 0.3) is 5.91 Å². The highest BCUT2D eigenvalue weighted by atomic mass is 19.1. The molecule has 1 saturated heterocycles. The topological polar surface area (TPSA) is 48.5 Å². The number of amides is 1. The minimum Gasteiger partial charge on any atom is -0.367 e. The van der Waals surface area contributed by atoms with E-state index < -0.39 is 5.82 Å². The van der Waals surface area contributed by atoms with Gasteiger partial charge in [-0.3, -0.25) is 9.78 Å². The van der Waals surface area contributed by atoms with Crippen LogP contribution in [0.5, 0.6) is 0 Å². The number of aryl methyl sites for hydroxylation is 2. The number of benzene rings is 3. The van der Waals surface area contributed by atoms with E-state index in [1.54, 1.807) is 12.1 Å². The molecule has 0 unspecified atom stereocenters. The Balaban J connectivity index is 1.38. The fraction of sp³-hybridized carbons (Fsp3) is 0.241. The maximum atomic E-state index is 13.7. The Bertz CT molecular complexity index is 1380. The number of fused-ring (bicyclic) bond motifs is 1. The van der Waals surface area contributed by atoms with Gasteiger partial charge in [0.1, 0.15) is 5.82 Å². The van der Waals surface area contributed by atoms with Gasteiger partial charge < -0.3 is 15.1 Å². The zero-order valence-corrected chi connectivity index (χ0v) is 20.1. The highest BCUT2D eigenvalue weighted by Gasteiger charge is 2.23. The average Bonchev–Trinajstić information content (AvgIpc) is 2.88. The van der Waals surface area contributed by atoms with Crippen LogP contribution in [0.3, 0.4) is 0 Å². The van der Waals surface area contributed by atoms with Crippen LogP contribution in [0.25, 0.3) is 10.9 Å². The largest absolute Gasteiger partial charge is 0.367 e. The van der Waals surface area contributed by atoms with Crippen molar-refractivity contribution in [2.24, 2.45) is 0 Å². The molecule has 0 spiro atoms. The van der Waals surface area contributed by atoms with Crippen LogP contribution >= 0.6 is 0 Å². The van der Waals surface area contributed by atoms with Crippen molar-refractivity contribution in [1.82, 2.24) is 4.98 Å². The molecule has 1 fully saturated rings. The van der Waals surface area contributed by atoms with Gasteiger partial charge in [-0.15, -0.1) is 0 Å². The summed E-state index contributed by atoms with van der Waals surface area (Å²) < 4.78 is 13.7. The number of nitrogens with one attached hydrogen (secondary N) is 1. The summed E-state index contributed by atoms with van der Waals surface area (Å²) in [6.45, 7) is 7.52. The number of hydrogen-bond donors (Lipinski definition) is 1. The van der Waals surface area contributed by atoms with Crippen LogP contribution in [0.4, 0.5) is 21.5 Å².